The molecule has 0 unspecified atom stereocenters. The van der Waals surface area contributed by atoms with Gasteiger partial charge in [0.25, 0.3) is 0 Å². The number of para-hydroxylation sites is 2. The molecule has 1 aliphatic heterocycles. The Morgan fingerprint density at radius 2 is 1.78 bits per heavy atom. The van der Waals surface area contributed by atoms with Crippen LogP contribution in [0.5, 0.6) is 5.75 Å². The number of aromatic amines is 1. The number of aromatic nitrogens is 1. The summed E-state index contributed by atoms with van der Waals surface area (Å²) >= 11 is 0. The van der Waals surface area contributed by atoms with Crippen LogP contribution in [0, 0.1) is 11.7 Å². The highest BCUT2D eigenvalue weighted by Crippen LogP contribution is 2.46. The Kier molecular flexibility index (Phi) is 7.35. The second kappa shape index (κ2) is 11.0. The Morgan fingerprint density at radius 3 is 2.57 bits per heavy atom. The molecule has 0 amide bonds. The second-order valence-corrected chi connectivity index (χ2v) is 9.15. The van der Waals surface area contributed by atoms with Gasteiger partial charge in [0, 0.05) is 34.4 Å². The lowest BCUT2D eigenvalue weighted by Gasteiger charge is -2.37. The van der Waals surface area contributed by atoms with Crippen LogP contribution in [-0.4, -0.2) is 27.8 Å². The normalized spacial score (nSPS) is 20.0. The van der Waals surface area contributed by atoms with Crippen molar-refractivity contribution in [1.29, 1.82) is 0 Å². The SMILES string of the molecule is O=C(O)CC/C=C\C[C@@H]1CO[C@H](c2c(-c3ccc(F)cc3)[nH]c3ccccc23)O[C@@H]1c1ccccc1O. The molecule has 1 saturated heterocycles. The quantitative estimate of drug-likeness (QED) is 0.229. The minimum absolute atomic E-state index is 0.0753. The van der Waals surface area contributed by atoms with Gasteiger partial charge in [0.15, 0.2) is 6.29 Å². The van der Waals surface area contributed by atoms with Gasteiger partial charge in [-0.15, -0.1) is 0 Å². The van der Waals surface area contributed by atoms with E-state index in [0.717, 1.165) is 27.7 Å². The fourth-order valence-electron chi connectivity index (χ4n) is 4.83. The van der Waals surface area contributed by atoms with Crippen molar-refractivity contribution in [2.45, 2.75) is 31.7 Å². The van der Waals surface area contributed by atoms with Crippen molar-refractivity contribution in [3.63, 3.8) is 0 Å². The van der Waals surface area contributed by atoms with Crippen LogP contribution in [0.4, 0.5) is 4.39 Å². The number of aliphatic carboxylic acids is 1. The number of benzene rings is 3. The predicted molar refractivity (Wildman–Crippen MR) is 138 cm³/mol. The van der Waals surface area contributed by atoms with Crippen LogP contribution in [0.3, 0.4) is 0 Å². The van der Waals surface area contributed by atoms with E-state index < -0.39 is 18.4 Å². The Bertz CT molecular complexity index is 1410. The molecular formula is C30H28FNO5. The van der Waals surface area contributed by atoms with Gasteiger partial charge < -0.3 is 24.7 Å². The van der Waals surface area contributed by atoms with Crippen molar-refractivity contribution >= 4 is 16.9 Å². The molecule has 0 aliphatic carbocycles. The first kappa shape index (κ1) is 24.7. The lowest BCUT2D eigenvalue weighted by atomic mass is 9.91. The highest BCUT2D eigenvalue weighted by atomic mass is 19.1. The number of H-pyrrole nitrogens is 1. The molecule has 190 valence electrons. The summed E-state index contributed by atoms with van der Waals surface area (Å²) in [7, 11) is 0. The van der Waals surface area contributed by atoms with Crippen LogP contribution < -0.4 is 0 Å². The van der Waals surface area contributed by atoms with Crippen LogP contribution in [0.1, 0.15) is 42.8 Å². The fraction of sp³-hybridized carbons (Fsp3) is 0.233. The Hall–Kier alpha value is -3.94. The third kappa shape index (κ3) is 5.43. The first-order valence-electron chi connectivity index (χ1n) is 12.3. The van der Waals surface area contributed by atoms with E-state index in [1.807, 2.05) is 48.6 Å². The number of allylic oxidation sites excluding steroid dienone is 2. The van der Waals surface area contributed by atoms with Crippen molar-refractivity contribution < 1.29 is 28.9 Å². The maximum absolute atomic E-state index is 13.7. The topological polar surface area (TPSA) is 91.8 Å². The van der Waals surface area contributed by atoms with Gasteiger partial charge in [-0.05, 0) is 54.8 Å². The summed E-state index contributed by atoms with van der Waals surface area (Å²) in [5, 5.41) is 20.5. The lowest BCUT2D eigenvalue weighted by molar-refractivity contribution is -0.243. The largest absolute Gasteiger partial charge is 0.508 e. The predicted octanol–water partition coefficient (Wildman–Crippen LogP) is 6.89. The van der Waals surface area contributed by atoms with Gasteiger partial charge in [-0.2, -0.15) is 0 Å². The van der Waals surface area contributed by atoms with Gasteiger partial charge in [0.05, 0.1) is 18.4 Å². The molecule has 3 N–H and O–H groups in total. The van der Waals surface area contributed by atoms with E-state index in [1.165, 1.54) is 12.1 Å². The number of nitrogens with one attached hydrogen (secondary N) is 1. The summed E-state index contributed by atoms with van der Waals surface area (Å²) in [5.41, 5.74) is 3.99. The highest BCUT2D eigenvalue weighted by Gasteiger charge is 2.36. The molecule has 3 aromatic carbocycles. The van der Waals surface area contributed by atoms with E-state index in [1.54, 1.807) is 24.3 Å². The van der Waals surface area contributed by atoms with Crippen LogP contribution in [0.15, 0.2) is 84.9 Å². The molecule has 1 fully saturated rings. The molecule has 0 saturated carbocycles. The second-order valence-electron chi connectivity index (χ2n) is 9.15. The van der Waals surface area contributed by atoms with Gasteiger partial charge in [-0.1, -0.05) is 48.6 Å². The molecular weight excluding hydrogens is 473 g/mol. The standard InChI is InChI=1S/C30H28FNO5/c31-21-16-14-19(15-17-21)28-27(22-9-4-6-11-24(22)32-28)30-36-18-20(8-2-1-3-13-26(34)35)29(37-30)23-10-5-7-12-25(23)33/h1-2,4-7,9-12,14-17,20,29-30,32-33H,3,8,13,18H2,(H,34,35)/b2-1-/t20-,29+,30+/m1/s1. The van der Waals surface area contributed by atoms with Crippen LogP contribution in [0.25, 0.3) is 22.2 Å². The number of ether oxygens (including phenoxy) is 2. The molecule has 6 nitrogen and oxygen atoms in total. The van der Waals surface area contributed by atoms with Gasteiger partial charge in [-0.3, -0.25) is 4.79 Å². The summed E-state index contributed by atoms with van der Waals surface area (Å²) in [6.45, 7) is 0.370. The van der Waals surface area contributed by atoms with Crippen LogP contribution in [-0.2, 0) is 14.3 Å². The third-order valence-electron chi connectivity index (χ3n) is 6.65. The zero-order valence-corrected chi connectivity index (χ0v) is 20.1. The number of phenols is 1. The Balaban J connectivity index is 1.49. The number of rotatable bonds is 8. The van der Waals surface area contributed by atoms with Crippen LogP contribution in [0.2, 0.25) is 0 Å². The maximum atomic E-state index is 13.7. The molecule has 5 rings (SSSR count). The summed E-state index contributed by atoms with van der Waals surface area (Å²) in [5.74, 6) is -1.10. The number of fused-ring (bicyclic) bond motifs is 1. The summed E-state index contributed by atoms with van der Waals surface area (Å²) in [6, 6.07) is 21.2. The number of carboxylic acids is 1. The molecule has 0 spiro atoms. The third-order valence-corrected chi connectivity index (χ3v) is 6.65. The number of halogens is 1. The first-order chi connectivity index (χ1) is 18.0. The van der Waals surface area contributed by atoms with E-state index in [9.17, 15) is 14.3 Å². The van der Waals surface area contributed by atoms with Gasteiger partial charge in [-0.25, -0.2) is 4.39 Å². The number of carbonyl (C=O) groups is 1. The van der Waals surface area contributed by atoms with Crippen molar-refractivity contribution in [2.75, 3.05) is 6.61 Å². The molecule has 3 atom stereocenters. The molecule has 1 aromatic heterocycles. The zero-order chi connectivity index (χ0) is 25.8. The molecule has 0 bridgehead atoms. The number of hydrogen-bond acceptors (Lipinski definition) is 4. The average Bonchev–Trinajstić information content (AvgIpc) is 3.29. The van der Waals surface area contributed by atoms with E-state index in [4.69, 9.17) is 14.6 Å². The Morgan fingerprint density at radius 1 is 1.03 bits per heavy atom. The van der Waals surface area contributed by atoms with Crippen molar-refractivity contribution in [3.05, 3.63) is 102 Å². The fourth-order valence-corrected chi connectivity index (χ4v) is 4.83. The molecule has 7 heteroatoms. The number of phenolic OH excluding ortho intramolecular Hbond substituents is 1. The van der Waals surface area contributed by atoms with Crippen molar-refractivity contribution in [3.8, 4) is 17.0 Å². The zero-order valence-electron chi connectivity index (χ0n) is 20.1. The summed E-state index contributed by atoms with van der Waals surface area (Å²) in [6.07, 6.45) is 3.74. The van der Waals surface area contributed by atoms with E-state index in [-0.39, 0.29) is 23.9 Å². The molecule has 2 heterocycles. The average molecular weight is 502 g/mol. The summed E-state index contributed by atoms with van der Waals surface area (Å²) < 4.78 is 26.5. The minimum Gasteiger partial charge on any atom is -0.508 e. The van der Waals surface area contributed by atoms with E-state index in [0.29, 0.717) is 25.0 Å². The van der Waals surface area contributed by atoms with Gasteiger partial charge in [0.1, 0.15) is 11.6 Å². The highest BCUT2D eigenvalue weighted by molar-refractivity contribution is 5.91. The summed E-state index contributed by atoms with van der Waals surface area (Å²) in [4.78, 5) is 14.2. The Labute approximate surface area is 214 Å². The maximum Gasteiger partial charge on any atom is 0.303 e. The molecule has 1 aliphatic rings. The molecule has 0 radical (unpaired) electrons. The van der Waals surface area contributed by atoms with Crippen molar-refractivity contribution in [2.24, 2.45) is 5.92 Å². The number of carboxylic acid groups (broad SMARTS) is 1. The number of hydrogen-bond donors (Lipinski definition) is 3. The number of aromatic hydroxyl groups is 1. The van der Waals surface area contributed by atoms with Gasteiger partial charge in [0.2, 0.25) is 0 Å². The van der Waals surface area contributed by atoms with Gasteiger partial charge >= 0.3 is 5.97 Å². The first-order valence-corrected chi connectivity index (χ1v) is 12.3. The monoisotopic (exact) mass is 501 g/mol. The minimum atomic E-state index is -0.834. The van der Waals surface area contributed by atoms with E-state index in [2.05, 4.69) is 4.98 Å². The van der Waals surface area contributed by atoms with Crippen molar-refractivity contribution in [1.82, 2.24) is 4.98 Å². The molecule has 4 aromatic rings. The molecule has 37 heavy (non-hydrogen) atoms. The van der Waals surface area contributed by atoms with E-state index >= 15 is 0 Å². The smallest absolute Gasteiger partial charge is 0.303 e. The van der Waals surface area contributed by atoms with Crippen LogP contribution >= 0.6 is 0 Å². The lowest BCUT2D eigenvalue weighted by Crippen LogP contribution is -2.30.